The Morgan fingerprint density at radius 2 is 1.65 bits per heavy atom. The lowest BCUT2D eigenvalue weighted by Gasteiger charge is -2.36. The monoisotopic (exact) mass is 601 g/mol. The first-order valence-corrected chi connectivity index (χ1v) is 15.5. The molecule has 0 bridgehead atoms. The number of alkyl halides is 3. The van der Waals surface area contributed by atoms with E-state index in [0.29, 0.717) is 37.2 Å². The van der Waals surface area contributed by atoms with Gasteiger partial charge in [-0.15, -0.1) is 0 Å². The Morgan fingerprint density at radius 1 is 0.977 bits per heavy atom. The molecule has 43 heavy (non-hydrogen) atoms. The first-order chi connectivity index (χ1) is 20.6. The molecule has 1 saturated carbocycles. The number of anilines is 3. The molecular weight excluding hydrogens is 559 g/mol. The molecule has 2 atom stereocenters. The van der Waals surface area contributed by atoms with Crippen molar-refractivity contribution < 1.29 is 22.8 Å². The van der Waals surface area contributed by atoms with E-state index in [0.717, 1.165) is 64.4 Å². The number of hydrogen-bond acceptors (Lipinski definition) is 7. The molecule has 9 nitrogen and oxygen atoms in total. The molecule has 2 aromatic rings. The van der Waals surface area contributed by atoms with Crippen LogP contribution in [0.25, 0.3) is 0 Å². The van der Waals surface area contributed by atoms with Crippen molar-refractivity contribution in [3.8, 4) is 0 Å². The minimum Gasteiger partial charge on any atom is -0.366 e. The van der Waals surface area contributed by atoms with E-state index in [1.165, 1.54) is 0 Å². The number of piperidine rings is 1. The molecule has 234 valence electrons. The van der Waals surface area contributed by atoms with E-state index in [-0.39, 0.29) is 35.5 Å². The molecular formula is C31H42F3N7O2. The highest BCUT2D eigenvalue weighted by Crippen LogP contribution is 2.37. The van der Waals surface area contributed by atoms with E-state index >= 15 is 0 Å². The number of carbonyl (C=O) groups is 2. The fourth-order valence-corrected chi connectivity index (χ4v) is 6.52. The van der Waals surface area contributed by atoms with Crippen LogP contribution < -0.4 is 10.6 Å². The molecule has 2 amide bonds. The summed E-state index contributed by atoms with van der Waals surface area (Å²) in [5.41, 5.74) is 0.110. The number of nitrogens with one attached hydrogen (secondary N) is 2. The highest BCUT2D eigenvalue weighted by atomic mass is 19.4. The second-order valence-corrected chi connectivity index (χ2v) is 11.9. The predicted molar refractivity (Wildman–Crippen MR) is 159 cm³/mol. The van der Waals surface area contributed by atoms with Crippen molar-refractivity contribution in [2.45, 2.75) is 76.6 Å². The van der Waals surface area contributed by atoms with E-state index in [9.17, 15) is 22.8 Å². The largest absolute Gasteiger partial charge is 0.421 e. The summed E-state index contributed by atoms with van der Waals surface area (Å²) < 4.78 is 41.9. The quantitative estimate of drug-likeness (QED) is 0.419. The molecule has 2 aliphatic heterocycles. The van der Waals surface area contributed by atoms with E-state index in [4.69, 9.17) is 0 Å². The van der Waals surface area contributed by atoms with Gasteiger partial charge in [0.1, 0.15) is 11.4 Å². The molecule has 5 rings (SSSR count). The lowest BCUT2D eigenvalue weighted by atomic mass is 9.83. The molecule has 0 unspecified atom stereocenters. The Labute approximate surface area is 251 Å². The van der Waals surface area contributed by atoms with E-state index in [1.54, 1.807) is 29.2 Å². The van der Waals surface area contributed by atoms with Gasteiger partial charge in [-0.2, -0.15) is 18.2 Å². The SMILES string of the molecule is CCN1CCC(N(C)C(=O)c2ccc(Nc3ncc(C(F)(F)F)c(N[C@@H]4CCCC[C@@H]4C(=O)N4CCCC4)n3)cc2)CC1. The summed E-state index contributed by atoms with van der Waals surface area (Å²) in [6.07, 6.45) is 2.84. The third-order valence-electron chi connectivity index (χ3n) is 9.18. The van der Waals surface area contributed by atoms with Gasteiger partial charge in [0.2, 0.25) is 11.9 Å². The maximum Gasteiger partial charge on any atom is 0.421 e. The Balaban J connectivity index is 1.28. The topological polar surface area (TPSA) is 93.7 Å². The highest BCUT2D eigenvalue weighted by Gasteiger charge is 2.39. The van der Waals surface area contributed by atoms with Gasteiger partial charge in [0.05, 0.1) is 5.92 Å². The number of amides is 2. The van der Waals surface area contributed by atoms with Crippen LogP contribution >= 0.6 is 0 Å². The number of carbonyl (C=O) groups excluding carboxylic acids is 2. The maximum atomic E-state index is 14.0. The molecule has 2 N–H and O–H groups in total. The predicted octanol–water partition coefficient (Wildman–Crippen LogP) is 5.39. The number of nitrogens with zero attached hydrogens (tertiary/aromatic N) is 5. The van der Waals surface area contributed by atoms with Crippen molar-refractivity contribution in [3.05, 3.63) is 41.6 Å². The lowest BCUT2D eigenvalue weighted by molar-refractivity contribution is -0.137. The zero-order valence-corrected chi connectivity index (χ0v) is 25.0. The summed E-state index contributed by atoms with van der Waals surface area (Å²) in [5, 5.41) is 5.97. The fraction of sp³-hybridized carbons (Fsp3) is 0.613. The van der Waals surface area contributed by atoms with Crippen LogP contribution in [0.2, 0.25) is 0 Å². The smallest absolute Gasteiger partial charge is 0.366 e. The van der Waals surface area contributed by atoms with Crippen LogP contribution in [0.15, 0.2) is 30.5 Å². The van der Waals surface area contributed by atoms with E-state index < -0.39 is 17.8 Å². The van der Waals surface area contributed by atoms with Gasteiger partial charge in [-0.25, -0.2) is 4.98 Å². The average molecular weight is 602 g/mol. The zero-order chi connectivity index (χ0) is 30.6. The van der Waals surface area contributed by atoms with Crippen LogP contribution in [0.5, 0.6) is 0 Å². The number of benzene rings is 1. The minimum absolute atomic E-state index is 0.00684. The highest BCUT2D eigenvalue weighted by molar-refractivity contribution is 5.94. The molecule has 0 radical (unpaired) electrons. The van der Waals surface area contributed by atoms with Gasteiger partial charge in [-0.05, 0) is 69.3 Å². The van der Waals surface area contributed by atoms with Crippen LogP contribution in [-0.4, -0.2) is 88.3 Å². The molecule has 1 aliphatic carbocycles. The summed E-state index contributed by atoms with van der Waals surface area (Å²) in [6.45, 7) is 6.51. The molecule has 12 heteroatoms. The van der Waals surface area contributed by atoms with Crippen LogP contribution in [0.1, 0.15) is 74.2 Å². The molecule has 1 aromatic heterocycles. The summed E-state index contributed by atoms with van der Waals surface area (Å²) >= 11 is 0. The minimum atomic E-state index is -4.66. The first kappa shape index (κ1) is 31.0. The van der Waals surface area contributed by atoms with Gasteiger partial charge < -0.3 is 25.3 Å². The number of rotatable bonds is 8. The lowest BCUT2D eigenvalue weighted by Crippen LogP contribution is -2.45. The summed E-state index contributed by atoms with van der Waals surface area (Å²) in [7, 11) is 1.83. The van der Waals surface area contributed by atoms with Gasteiger partial charge in [0.25, 0.3) is 5.91 Å². The second kappa shape index (κ2) is 13.5. The van der Waals surface area contributed by atoms with Crippen LogP contribution in [-0.2, 0) is 11.0 Å². The van der Waals surface area contributed by atoms with Gasteiger partial charge in [0, 0.05) is 62.8 Å². The molecule has 2 saturated heterocycles. The van der Waals surface area contributed by atoms with Crippen molar-refractivity contribution in [1.29, 1.82) is 0 Å². The van der Waals surface area contributed by atoms with Crippen molar-refractivity contribution in [3.63, 3.8) is 0 Å². The van der Waals surface area contributed by atoms with Gasteiger partial charge in [-0.1, -0.05) is 19.8 Å². The van der Waals surface area contributed by atoms with Crippen LogP contribution in [0, 0.1) is 5.92 Å². The molecule has 3 heterocycles. The van der Waals surface area contributed by atoms with Gasteiger partial charge in [0.15, 0.2) is 0 Å². The van der Waals surface area contributed by atoms with Gasteiger partial charge >= 0.3 is 6.18 Å². The molecule has 3 fully saturated rings. The first-order valence-electron chi connectivity index (χ1n) is 15.5. The summed E-state index contributed by atoms with van der Waals surface area (Å²) in [5.74, 6) is -0.778. The van der Waals surface area contributed by atoms with E-state index in [2.05, 4.69) is 32.4 Å². The Kier molecular flexibility index (Phi) is 9.73. The van der Waals surface area contributed by atoms with Crippen molar-refractivity contribution >= 4 is 29.3 Å². The number of halogens is 3. The Hall–Kier alpha value is -3.41. The zero-order valence-electron chi connectivity index (χ0n) is 25.0. The fourth-order valence-electron chi connectivity index (χ4n) is 6.52. The molecule has 0 spiro atoms. The summed E-state index contributed by atoms with van der Waals surface area (Å²) in [4.78, 5) is 40.5. The average Bonchev–Trinajstić information content (AvgIpc) is 3.56. The van der Waals surface area contributed by atoms with E-state index in [1.807, 2.05) is 11.9 Å². The number of likely N-dealkylation sites (tertiary alicyclic amines) is 2. The summed E-state index contributed by atoms with van der Waals surface area (Å²) in [6, 6.07) is 6.53. The maximum absolute atomic E-state index is 14.0. The third kappa shape index (κ3) is 7.39. The number of aromatic nitrogens is 2. The third-order valence-corrected chi connectivity index (χ3v) is 9.18. The number of hydrogen-bond donors (Lipinski definition) is 2. The van der Waals surface area contributed by atoms with Crippen molar-refractivity contribution in [2.24, 2.45) is 5.92 Å². The Morgan fingerprint density at radius 3 is 2.30 bits per heavy atom. The molecule has 3 aliphatic rings. The van der Waals surface area contributed by atoms with Crippen LogP contribution in [0.3, 0.4) is 0 Å². The normalized spacial score (nSPS) is 21.9. The van der Waals surface area contributed by atoms with Crippen molar-refractivity contribution in [1.82, 2.24) is 24.7 Å². The van der Waals surface area contributed by atoms with Gasteiger partial charge in [-0.3, -0.25) is 9.59 Å². The standard InChI is InChI=1S/C31H42F3N7O2/c1-3-40-18-14-23(15-19-40)39(2)28(42)21-10-12-22(13-11-21)36-30-35-20-25(31(32,33)34)27(38-30)37-26-9-5-4-8-24(26)29(43)41-16-6-7-17-41/h10-13,20,23-24,26H,3-9,14-19H2,1-2H3,(H2,35,36,37,38)/t24-,26+/m0/s1. The van der Waals surface area contributed by atoms with Crippen LogP contribution in [0.4, 0.5) is 30.6 Å². The van der Waals surface area contributed by atoms with Crippen molar-refractivity contribution in [2.75, 3.05) is 50.4 Å². The second-order valence-electron chi connectivity index (χ2n) is 11.9. The molecule has 1 aromatic carbocycles. The Bertz CT molecular complexity index is 1260.